The summed E-state index contributed by atoms with van der Waals surface area (Å²) < 4.78 is 0.592. The third-order valence-electron chi connectivity index (χ3n) is 6.00. The molecule has 1 aromatic heterocycles. The molecule has 4 rings (SSSR count). The first-order valence-electron chi connectivity index (χ1n) is 11.3. The lowest BCUT2D eigenvalue weighted by molar-refractivity contribution is 0.0755. The maximum Gasteiger partial charge on any atom is 0.261 e. The minimum Gasteiger partial charge on any atom is -0.390 e. The predicted octanol–water partition coefficient (Wildman–Crippen LogP) is 4.59. The van der Waals surface area contributed by atoms with E-state index in [1.54, 1.807) is 12.1 Å². The van der Waals surface area contributed by atoms with Crippen LogP contribution in [0.5, 0.6) is 0 Å². The van der Waals surface area contributed by atoms with Gasteiger partial charge in [-0.2, -0.15) is 0 Å². The van der Waals surface area contributed by atoms with Gasteiger partial charge in [-0.15, -0.1) is 11.3 Å². The largest absolute Gasteiger partial charge is 0.390 e. The van der Waals surface area contributed by atoms with E-state index in [0.29, 0.717) is 28.0 Å². The van der Waals surface area contributed by atoms with Gasteiger partial charge in [-0.1, -0.05) is 41.7 Å². The molecule has 2 N–H and O–H groups in total. The van der Waals surface area contributed by atoms with Crippen molar-refractivity contribution in [3.8, 4) is 0 Å². The van der Waals surface area contributed by atoms with Gasteiger partial charge in [0.25, 0.3) is 5.91 Å². The molecule has 1 saturated heterocycles. The summed E-state index contributed by atoms with van der Waals surface area (Å²) in [6.07, 6.45) is 5.24. The van der Waals surface area contributed by atoms with Gasteiger partial charge in [-0.25, -0.2) is 0 Å². The summed E-state index contributed by atoms with van der Waals surface area (Å²) >= 11 is 7.19. The first-order valence-corrected chi connectivity index (χ1v) is 12.5. The first kappa shape index (κ1) is 23.6. The molecular formula is C24H30ClN5O2S. The normalized spacial score (nSPS) is 18.3. The van der Waals surface area contributed by atoms with Crippen molar-refractivity contribution in [2.24, 2.45) is 5.16 Å². The van der Waals surface area contributed by atoms with Gasteiger partial charge >= 0.3 is 0 Å². The van der Waals surface area contributed by atoms with Crippen molar-refractivity contribution in [3.05, 3.63) is 50.7 Å². The van der Waals surface area contributed by atoms with Crippen molar-refractivity contribution in [3.63, 3.8) is 0 Å². The number of nitrogens with one attached hydrogen (secondary N) is 2. The second-order valence-corrected chi connectivity index (χ2v) is 10.4. The highest BCUT2D eigenvalue weighted by Gasteiger charge is 2.27. The summed E-state index contributed by atoms with van der Waals surface area (Å²) in [5, 5.41) is 15.7. The number of carbonyl (C=O) groups excluding carboxylic acids is 1. The fraction of sp³-hybridized carbons (Fsp3) is 0.458. The molecule has 33 heavy (non-hydrogen) atoms. The summed E-state index contributed by atoms with van der Waals surface area (Å²) in [5.41, 5.74) is 3.93. The maximum atomic E-state index is 12.3. The number of nitrogens with zero attached hydrogens (tertiary/aromatic N) is 3. The van der Waals surface area contributed by atoms with Crippen molar-refractivity contribution in [1.29, 1.82) is 5.41 Å². The molecule has 2 aliphatic heterocycles. The summed E-state index contributed by atoms with van der Waals surface area (Å²) in [7, 11) is 3.78. The number of hydrogen-bond donors (Lipinski definition) is 2. The van der Waals surface area contributed by atoms with Crippen LogP contribution in [0.2, 0.25) is 4.34 Å². The molecule has 0 radical (unpaired) electrons. The number of halogens is 1. The minimum atomic E-state index is -0.212. The molecule has 1 atom stereocenters. The summed E-state index contributed by atoms with van der Waals surface area (Å²) in [5.74, 6) is 0.331. The smallest absolute Gasteiger partial charge is 0.261 e. The Bertz CT molecular complexity index is 1040. The monoisotopic (exact) mass is 487 g/mol. The quantitative estimate of drug-likeness (QED) is 0.461. The van der Waals surface area contributed by atoms with Crippen LogP contribution in [0, 0.1) is 5.41 Å². The average Bonchev–Trinajstić information content (AvgIpc) is 3.38. The van der Waals surface area contributed by atoms with Gasteiger partial charge in [0, 0.05) is 50.4 Å². The van der Waals surface area contributed by atoms with Gasteiger partial charge < -0.3 is 20.0 Å². The van der Waals surface area contributed by atoms with Crippen LogP contribution < -0.4 is 10.2 Å². The van der Waals surface area contributed by atoms with Gasteiger partial charge in [0.1, 0.15) is 11.9 Å². The van der Waals surface area contributed by atoms with E-state index in [0.717, 1.165) is 35.6 Å². The van der Waals surface area contributed by atoms with Crippen LogP contribution in [0.1, 0.15) is 52.9 Å². The Hall–Kier alpha value is -2.58. The predicted molar refractivity (Wildman–Crippen MR) is 135 cm³/mol. The highest BCUT2D eigenvalue weighted by Crippen LogP contribution is 2.30. The maximum absolute atomic E-state index is 12.3. The van der Waals surface area contributed by atoms with E-state index in [1.807, 2.05) is 25.1 Å². The van der Waals surface area contributed by atoms with Crippen LogP contribution in [0.15, 0.2) is 35.5 Å². The zero-order chi connectivity index (χ0) is 23.4. The number of hydrogen-bond acceptors (Lipinski definition) is 6. The minimum absolute atomic E-state index is 0.152. The van der Waals surface area contributed by atoms with E-state index in [9.17, 15) is 4.79 Å². The number of amidine groups is 1. The number of thiophene rings is 1. The second-order valence-electron chi connectivity index (χ2n) is 8.66. The van der Waals surface area contributed by atoms with Crippen LogP contribution in [0.25, 0.3) is 0 Å². The third kappa shape index (κ3) is 5.68. The van der Waals surface area contributed by atoms with Crippen LogP contribution in [-0.2, 0) is 4.84 Å². The molecule has 0 bridgehead atoms. The van der Waals surface area contributed by atoms with Crippen LogP contribution >= 0.6 is 22.9 Å². The zero-order valence-corrected chi connectivity index (χ0v) is 20.6. The number of amides is 1. The molecule has 9 heteroatoms. The Kier molecular flexibility index (Phi) is 7.55. The van der Waals surface area contributed by atoms with Crippen molar-refractivity contribution in [2.75, 3.05) is 38.6 Å². The van der Waals surface area contributed by atoms with E-state index in [-0.39, 0.29) is 12.0 Å². The Morgan fingerprint density at radius 1 is 1.24 bits per heavy atom. The summed E-state index contributed by atoms with van der Waals surface area (Å²) in [6.45, 7) is 2.38. The molecule has 1 amide bonds. The Morgan fingerprint density at radius 2 is 2.00 bits per heavy atom. The van der Waals surface area contributed by atoms with E-state index in [1.165, 1.54) is 37.0 Å². The SMILES string of the molecule is CN(C)C(=N)c1ccc(C2=NOC(CNC(=O)c3ccc(Cl)s3)C2)c(N2CCCCCC2)c1. The van der Waals surface area contributed by atoms with Crippen molar-refractivity contribution >= 4 is 46.1 Å². The topological polar surface area (TPSA) is 81.0 Å². The molecule has 2 aromatic rings. The van der Waals surface area contributed by atoms with Crippen molar-refractivity contribution in [1.82, 2.24) is 10.2 Å². The molecule has 176 valence electrons. The molecule has 0 spiro atoms. The van der Waals surface area contributed by atoms with E-state index in [4.69, 9.17) is 21.8 Å². The molecule has 2 aliphatic rings. The fourth-order valence-corrected chi connectivity index (χ4v) is 5.14. The second kappa shape index (κ2) is 10.6. The highest BCUT2D eigenvalue weighted by atomic mass is 35.5. The van der Waals surface area contributed by atoms with Gasteiger partial charge in [0.15, 0.2) is 0 Å². The highest BCUT2D eigenvalue weighted by molar-refractivity contribution is 7.18. The molecular weight excluding hydrogens is 458 g/mol. The molecule has 3 heterocycles. The number of carbonyl (C=O) groups is 1. The molecule has 1 aromatic carbocycles. The zero-order valence-electron chi connectivity index (χ0n) is 19.1. The Labute approximate surface area is 203 Å². The van der Waals surface area contributed by atoms with Crippen LogP contribution in [0.4, 0.5) is 5.69 Å². The van der Waals surface area contributed by atoms with Gasteiger partial charge in [0.05, 0.1) is 21.5 Å². The first-order chi connectivity index (χ1) is 15.9. The molecule has 0 saturated carbocycles. The standard InChI is InChI=1S/C24H30ClN5O2S/c1-29(2)23(26)16-7-8-18(20(13-16)30-11-5-3-4-6-12-30)19-14-17(32-28-19)15-27-24(31)21-9-10-22(25)33-21/h7-10,13,17,26H,3-6,11-12,14-15H2,1-2H3,(H,27,31). The number of oxime groups is 1. The third-order valence-corrected chi connectivity index (χ3v) is 7.23. The van der Waals surface area contributed by atoms with Crippen molar-refractivity contribution in [2.45, 2.75) is 38.2 Å². The number of anilines is 1. The number of rotatable bonds is 6. The van der Waals surface area contributed by atoms with Gasteiger partial charge in [0.2, 0.25) is 0 Å². The molecule has 1 unspecified atom stereocenters. The summed E-state index contributed by atoms with van der Waals surface area (Å²) in [4.78, 5) is 22.8. The van der Waals surface area contributed by atoms with E-state index >= 15 is 0 Å². The van der Waals surface area contributed by atoms with E-state index < -0.39 is 0 Å². The van der Waals surface area contributed by atoms with Gasteiger partial charge in [-0.05, 0) is 31.0 Å². The van der Waals surface area contributed by atoms with E-state index in [2.05, 4.69) is 27.5 Å². The van der Waals surface area contributed by atoms with Crippen molar-refractivity contribution < 1.29 is 9.63 Å². The number of benzene rings is 1. The Balaban J connectivity index is 1.49. The average molecular weight is 488 g/mol. The lowest BCUT2D eigenvalue weighted by Gasteiger charge is -2.26. The molecule has 7 nitrogen and oxygen atoms in total. The Morgan fingerprint density at radius 3 is 2.67 bits per heavy atom. The fourth-order valence-electron chi connectivity index (χ4n) is 4.18. The molecule has 0 aliphatic carbocycles. The van der Waals surface area contributed by atoms with Crippen LogP contribution in [0.3, 0.4) is 0 Å². The summed E-state index contributed by atoms with van der Waals surface area (Å²) in [6, 6.07) is 9.60. The van der Waals surface area contributed by atoms with Crippen LogP contribution in [-0.4, -0.2) is 62.2 Å². The molecule has 1 fully saturated rings. The van der Waals surface area contributed by atoms with Gasteiger partial charge in [-0.3, -0.25) is 10.2 Å². The lowest BCUT2D eigenvalue weighted by Crippen LogP contribution is -2.32. The lowest BCUT2D eigenvalue weighted by atomic mass is 9.99.